The Bertz CT molecular complexity index is 506. The first kappa shape index (κ1) is 13.5. The first-order valence-corrected chi connectivity index (χ1v) is 6.60. The van der Waals surface area contributed by atoms with Crippen molar-refractivity contribution in [3.05, 3.63) is 17.8 Å². The number of anilines is 1. The van der Waals surface area contributed by atoms with Crippen molar-refractivity contribution >= 4 is 5.82 Å². The lowest BCUT2D eigenvalue weighted by Gasteiger charge is -2.39. The molecule has 3 heterocycles. The fraction of sp³-hybridized carbons (Fsp3) is 0.615. The van der Waals surface area contributed by atoms with Gasteiger partial charge in [-0.3, -0.25) is 0 Å². The van der Waals surface area contributed by atoms with Crippen LogP contribution in [0.5, 0.6) is 5.75 Å². The number of hydrogen-bond donors (Lipinski definition) is 0. The Morgan fingerprint density at radius 1 is 1.35 bits per heavy atom. The zero-order valence-electron chi connectivity index (χ0n) is 11.2. The molecule has 0 bridgehead atoms. The van der Waals surface area contributed by atoms with Crippen LogP contribution < -0.4 is 9.64 Å². The molecule has 1 saturated heterocycles. The molecular formula is C13H16F3N3O. The summed E-state index contributed by atoms with van der Waals surface area (Å²) in [6.45, 7) is 2.94. The largest absolute Gasteiger partial charge is 0.490 e. The van der Waals surface area contributed by atoms with Crippen LogP contribution in [0.3, 0.4) is 0 Å². The van der Waals surface area contributed by atoms with Gasteiger partial charge >= 0.3 is 6.18 Å². The maximum Gasteiger partial charge on any atom is 0.418 e. The van der Waals surface area contributed by atoms with E-state index in [1.807, 2.05) is 7.05 Å². The molecule has 0 unspecified atom stereocenters. The van der Waals surface area contributed by atoms with Crippen molar-refractivity contribution in [3.8, 4) is 5.75 Å². The summed E-state index contributed by atoms with van der Waals surface area (Å²) in [6, 6.07) is 1.31. The number of likely N-dealkylation sites (N-methyl/N-ethyl adjacent to an activating group) is 1. The molecule has 2 aliphatic rings. The maximum atomic E-state index is 12.7. The second-order valence-electron chi connectivity index (χ2n) is 5.29. The molecule has 1 aromatic rings. The smallest absolute Gasteiger partial charge is 0.418 e. The lowest BCUT2D eigenvalue weighted by atomic mass is 10.1. The van der Waals surface area contributed by atoms with E-state index in [-0.39, 0.29) is 11.8 Å². The summed E-state index contributed by atoms with van der Waals surface area (Å²) in [5.41, 5.74) is -0.760. The Morgan fingerprint density at radius 2 is 2.15 bits per heavy atom. The summed E-state index contributed by atoms with van der Waals surface area (Å²) in [4.78, 5) is 8.31. The minimum atomic E-state index is -4.39. The van der Waals surface area contributed by atoms with Crippen LogP contribution in [0.25, 0.3) is 0 Å². The third-order valence-electron chi connectivity index (χ3n) is 3.83. The monoisotopic (exact) mass is 287 g/mol. The second-order valence-corrected chi connectivity index (χ2v) is 5.29. The summed E-state index contributed by atoms with van der Waals surface area (Å²) in [7, 11) is 2.05. The van der Waals surface area contributed by atoms with Gasteiger partial charge in [0.2, 0.25) is 0 Å². The van der Waals surface area contributed by atoms with Gasteiger partial charge in [-0.05, 0) is 13.1 Å². The first-order chi connectivity index (χ1) is 9.45. The number of halogens is 3. The van der Waals surface area contributed by atoms with Gasteiger partial charge in [0.25, 0.3) is 0 Å². The third-order valence-corrected chi connectivity index (χ3v) is 3.83. The van der Waals surface area contributed by atoms with Gasteiger partial charge in [-0.1, -0.05) is 0 Å². The van der Waals surface area contributed by atoms with Gasteiger partial charge < -0.3 is 14.5 Å². The van der Waals surface area contributed by atoms with Crippen molar-refractivity contribution in [3.63, 3.8) is 0 Å². The fourth-order valence-corrected chi connectivity index (χ4v) is 2.76. The Hall–Kier alpha value is -1.50. The number of piperazine rings is 1. The summed E-state index contributed by atoms with van der Waals surface area (Å²) >= 11 is 0. The van der Waals surface area contributed by atoms with E-state index in [2.05, 4.69) is 14.8 Å². The topological polar surface area (TPSA) is 28.6 Å². The Balaban J connectivity index is 1.96. The van der Waals surface area contributed by atoms with Crippen LogP contribution in [0.1, 0.15) is 12.0 Å². The highest BCUT2D eigenvalue weighted by molar-refractivity contribution is 5.55. The number of alkyl halides is 3. The van der Waals surface area contributed by atoms with Crippen molar-refractivity contribution in [1.82, 2.24) is 9.88 Å². The zero-order chi connectivity index (χ0) is 14.3. The molecule has 1 atom stereocenters. The molecule has 0 aliphatic carbocycles. The molecule has 3 rings (SSSR count). The number of hydrogen-bond acceptors (Lipinski definition) is 4. The molecule has 2 aliphatic heterocycles. The molecule has 4 nitrogen and oxygen atoms in total. The van der Waals surface area contributed by atoms with Gasteiger partial charge in [0.15, 0.2) is 11.6 Å². The third kappa shape index (κ3) is 2.42. The Morgan fingerprint density at radius 3 is 2.90 bits per heavy atom. The van der Waals surface area contributed by atoms with E-state index in [4.69, 9.17) is 4.74 Å². The quantitative estimate of drug-likeness (QED) is 0.730. The molecule has 0 aromatic carbocycles. The van der Waals surface area contributed by atoms with E-state index in [0.717, 1.165) is 38.3 Å². The van der Waals surface area contributed by atoms with Crippen LogP contribution in [0.2, 0.25) is 0 Å². The highest BCUT2D eigenvalue weighted by Crippen LogP contribution is 2.37. The average Bonchev–Trinajstić information content (AvgIpc) is 2.55. The van der Waals surface area contributed by atoms with E-state index >= 15 is 0 Å². The lowest BCUT2D eigenvalue weighted by molar-refractivity contribution is -0.137. The summed E-state index contributed by atoms with van der Waals surface area (Å²) in [5.74, 6) is 0.778. The molecule has 0 amide bonds. The van der Waals surface area contributed by atoms with E-state index < -0.39 is 11.7 Å². The Kier molecular flexibility index (Phi) is 3.24. The Labute approximate surface area is 115 Å². The summed E-state index contributed by atoms with van der Waals surface area (Å²) in [6.07, 6.45) is -2.70. The minimum absolute atomic E-state index is 0.242. The number of fused-ring (bicyclic) bond motifs is 3. The van der Waals surface area contributed by atoms with Crippen LogP contribution in [-0.4, -0.2) is 49.2 Å². The minimum Gasteiger partial charge on any atom is -0.490 e. The molecule has 7 heteroatoms. The molecule has 110 valence electrons. The van der Waals surface area contributed by atoms with E-state index in [9.17, 15) is 13.2 Å². The molecule has 0 saturated carbocycles. The maximum absolute atomic E-state index is 12.7. The van der Waals surface area contributed by atoms with Crippen LogP contribution in [0, 0.1) is 0 Å². The highest BCUT2D eigenvalue weighted by atomic mass is 19.4. The number of rotatable bonds is 0. The van der Waals surface area contributed by atoms with Crippen LogP contribution in [0.15, 0.2) is 12.3 Å². The second kappa shape index (κ2) is 4.80. The number of aromatic nitrogens is 1. The number of pyridine rings is 1. The van der Waals surface area contributed by atoms with Crippen molar-refractivity contribution in [2.75, 3.05) is 38.2 Å². The fourth-order valence-electron chi connectivity index (χ4n) is 2.76. The number of ether oxygens (including phenoxy) is 1. The van der Waals surface area contributed by atoms with Crippen molar-refractivity contribution in [2.24, 2.45) is 0 Å². The highest BCUT2D eigenvalue weighted by Gasteiger charge is 2.35. The van der Waals surface area contributed by atoms with Crippen molar-refractivity contribution in [2.45, 2.75) is 18.6 Å². The molecule has 0 radical (unpaired) electrons. The van der Waals surface area contributed by atoms with Gasteiger partial charge in [0, 0.05) is 38.3 Å². The van der Waals surface area contributed by atoms with Gasteiger partial charge in [0.1, 0.15) is 0 Å². The molecule has 1 aromatic heterocycles. The molecular weight excluding hydrogens is 271 g/mol. The van der Waals surface area contributed by atoms with Gasteiger partial charge in [-0.15, -0.1) is 0 Å². The van der Waals surface area contributed by atoms with Crippen LogP contribution >= 0.6 is 0 Å². The average molecular weight is 287 g/mol. The van der Waals surface area contributed by atoms with Gasteiger partial charge in [-0.25, -0.2) is 4.98 Å². The predicted molar refractivity (Wildman–Crippen MR) is 68.0 cm³/mol. The molecule has 0 spiro atoms. The molecule has 20 heavy (non-hydrogen) atoms. The SMILES string of the molecule is CN1CCN2c3ncc(C(F)(F)F)cc3OCC[C@H]2C1. The lowest BCUT2D eigenvalue weighted by Crippen LogP contribution is -2.52. The normalized spacial score (nSPS) is 23.6. The van der Waals surface area contributed by atoms with Crippen molar-refractivity contribution in [1.29, 1.82) is 0 Å². The first-order valence-electron chi connectivity index (χ1n) is 6.60. The summed E-state index contributed by atoms with van der Waals surface area (Å²) < 4.78 is 43.7. The van der Waals surface area contributed by atoms with Gasteiger partial charge in [0.05, 0.1) is 12.2 Å². The zero-order valence-corrected chi connectivity index (χ0v) is 11.2. The molecule has 1 fully saturated rings. The van der Waals surface area contributed by atoms with Crippen molar-refractivity contribution < 1.29 is 17.9 Å². The van der Waals surface area contributed by atoms with E-state index in [1.165, 1.54) is 0 Å². The van der Waals surface area contributed by atoms with E-state index in [0.29, 0.717) is 12.4 Å². The predicted octanol–water partition coefficient (Wildman–Crippen LogP) is 2.00. The van der Waals surface area contributed by atoms with Crippen LogP contribution in [-0.2, 0) is 6.18 Å². The molecule has 0 N–H and O–H groups in total. The van der Waals surface area contributed by atoms with Crippen LogP contribution in [0.4, 0.5) is 19.0 Å². The summed E-state index contributed by atoms with van der Waals surface area (Å²) in [5, 5.41) is 0. The number of nitrogens with zero attached hydrogens (tertiary/aromatic N) is 3. The van der Waals surface area contributed by atoms with Gasteiger partial charge in [-0.2, -0.15) is 13.2 Å². The van der Waals surface area contributed by atoms with E-state index in [1.54, 1.807) is 0 Å². The standard InChI is InChI=1S/C13H16F3N3O/c1-18-3-4-19-10(8-18)2-5-20-11-6-9(13(14,15)16)7-17-12(11)19/h6-7,10H,2-5,8H2,1H3/t10-/m0/s1.